The second kappa shape index (κ2) is 13.7. The summed E-state index contributed by atoms with van der Waals surface area (Å²) in [5.74, 6) is -0.779. The predicted octanol–water partition coefficient (Wildman–Crippen LogP) is 4.71. The lowest BCUT2D eigenvalue weighted by Gasteiger charge is -2.42. The Bertz CT molecular complexity index is 1360. The highest BCUT2D eigenvalue weighted by molar-refractivity contribution is 6.35. The van der Waals surface area contributed by atoms with Gasteiger partial charge in [-0.05, 0) is 43.9 Å². The monoisotopic (exact) mass is 648 g/mol. The van der Waals surface area contributed by atoms with Crippen molar-refractivity contribution in [1.82, 2.24) is 5.32 Å². The summed E-state index contributed by atoms with van der Waals surface area (Å²) >= 11 is 6.70. The van der Waals surface area contributed by atoms with E-state index in [9.17, 15) is 19.5 Å². The van der Waals surface area contributed by atoms with E-state index in [1.807, 2.05) is 45.9 Å². The molecule has 0 spiro atoms. The number of carbonyl (C=O) groups excluding carboxylic acids is 3. The Morgan fingerprint density at radius 2 is 1.98 bits per heavy atom. The Labute approximate surface area is 269 Å². The number of methoxy groups -OCH3 is 2. The molecule has 0 aliphatic carbocycles. The number of aliphatic hydroxyl groups is 1. The fraction of sp³-hybridized carbons (Fsp3) is 0.606. The first kappa shape index (κ1) is 34.7. The van der Waals surface area contributed by atoms with Crippen LogP contribution in [0, 0.1) is 11.8 Å². The summed E-state index contributed by atoms with van der Waals surface area (Å²) in [5.41, 5.74) is -0.578. The molecule has 0 aromatic heterocycles. The molecular formula is C33H45ClN2O9. The summed E-state index contributed by atoms with van der Waals surface area (Å²) in [6.07, 6.45) is 1.84. The van der Waals surface area contributed by atoms with Gasteiger partial charge >= 0.3 is 12.1 Å². The molecule has 2 N–H and O–H groups in total. The van der Waals surface area contributed by atoms with Gasteiger partial charge < -0.3 is 33.7 Å². The average molecular weight is 649 g/mol. The maximum Gasteiger partial charge on any atom is 0.409 e. The number of hydrogen-bond donors (Lipinski definition) is 2. The van der Waals surface area contributed by atoms with E-state index in [1.165, 1.54) is 19.1 Å². The number of benzene rings is 1. The van der Waals surface area contributed by atoms with Gasteiger partial charge in [-0.3, -0.25) is 14.9 Å². The molecule has 2 amide bonds. The lowest BCUT2D eigenvalue weighted by Crippen LogP contribution is -2.63. The molecule has 0 saturated carbocycles. The number of epoxide rings is 1. The van der Waals surface area contributed by atoms with Gasteiger partial charge in [-0.2, -0.15) is 0 Å². The number of halogens is 1. The second-order valence-electron chi connectivity index (χ2n) is 12.9. The number of carbonyl (C=O) groups is 3. The minimum Gasteiger partial charge on any atom is -0.495 e. The highest BCUT2D eigenvalue weighted by Gasteiger charge is 2.64. The lowest BCUT2D eigenvalue weighted by atomic mass is 9.83. The van der Waals surface area contributed by atoms with Gasteiger partial charge in [-0.15, -0.1) is 0 Å². The van der Waals surface area contributed by atoms with Crippen molar-refractivity contribution in [3.8, 4) is 5.75 Å². The third kappa shape index (κ3) is 7.65. The highest BCUT2D eigenvalue weighted by Crippen LogP contribution is 2.49. The number of alkyl carbamates (subject to hydrolysis) is 1. The van der Waals surface area contributed by atoms with Gasteiger partial charge in [0.1, 0.15) is 34.7 Å². The van der Waals surface area contributed by atoms with Crippen molar-refractivity contribution in [2.45, 2.75) is 96.0 Å². The van der Waals surface area contributed by atoms with E-state index < -0.39 is 53.7 Å². The Hall–Kier alpha value is -3.12. The first-order valence-corrected chi connectivity index (χ1v) is 15.6. The van der Waals surface area contributed by atoms with Crippen LogP contribution in [0.15, 0.2) is 35.9 Å². The van der Waals surface area contributed by atoms with E-state index in [0.29, 0.717) is 17.9 Å². The van der Waals surface area contributed by atoms with Crippen molar-refractivity contribution in [3.63, 3.8) is 0 Å². The van der Waals surface area contributed by atoms with Crippen LogP contribution in [0.4, 0.5) is 10.5 Å². The number of anilines is 1. The van der Waals surface area contributed by atoms with Gasteiger partial charge in [0, 0.05) is 32.9 Å². The van der Waals surface area contributed by atoms with Crippen molar-refractivity contribution in [2.75, 3.05) is 26.2 Å². The van der Waals surface area contributed by atoms with E-state index >= 15 is 0 Å². The Morgan fingerprint density at radius 1 is 1.27 bits per heavy atom. The van der Waals surface area contributed by atoms with Crippen molar-refractivity contribution in [3.05, 3.63) is 46.5 Å². The van der Waals surface area contributed by atoms with Crippen LogP contribution in [-0.4, -0.2) is 80.1 Å². The Balaban J connectivity index is 1.79. The van der Waals surface area contributed by atoms with Crippen LogP contribution in [0.2, 0.25) is 5.02 Å². The summed E-state index contributed by atoms with van der Waals surface area (Å²) in [5, 5.41) is 14.4. The number of allylic oxidation sites excluding steroid dienone is 3. The molecule has 0 radical (unpaired) electrons. The average Bonchev–Trinajstić information content (AvgIpc) is 3.65. The van der Waals surface area contributed by atoms with Crippen LogP contribution in [0.3, 0.4) is 0 Å². The number of esters is 1. The molecule has 2 fully saturated rings. The Morgan fingerprint density at radius 3 is 2.62 bits per heavy atom. The van der Waals surface area contributed by atoms with Crippen LogP contribution in [0.5, 0.6) is 5.75 Å². The fourth-order valence-electron chi connectivity index (χ4n) is 6.15. The number of rotatable bonds is 5. The van der Waals surface area contributed by atoms with Crippen molar-refractivity contribution in [2.24, 2.45) is 11.8 Å². The van der Waals surface area contributed by atoms with Crippen LogP contribution < -0.4 is 15.0 Å². The van der Waals surface area contributed by atoms with Gasteiger partial charge in [0.05, 0.1) is 25.3 Å². The summed E-state index contributed by atoms with van der Waals surface area (Å²) < 4.78 is 28.9. The zero-order valence-corrected chi connectivity index (χ0v) is 28.0. The third-order valence-corrected chi connectivity index (χ3v) is 9.18. The summed E-state index contributed by atoms with van der Waals surface area (Å²) in [7, 11) is 4.57. The van der Waals surface area contributed by atoms with Crippen molar-refractivity contribution < 1.29 is 43.2 Å². The van der Waals surface area contributed by atoms with E-state index in [4.69, 9.17) is 35.3 Å². The van der Waals surface area contributed by atoms with Crippen molar-refractivity contribution in [1.29, 1.82) is 0 Å². The van der Waals surface area contributed by atoms with Crippen molar-refractivity contribution >= 4 is 35.3 Å². The first-order valence-electron chi connectivity index (χ1n) is 15.2. The van der Waals surface area contributed by atoms with Gasteiger partial charge in [-0.1, -0.05) is 56.2 Å². The zero-order chi connectivity index (χ0) is 33.3. The molecule has 3 aliphatic heterocycles. The van der Waals surface area contributed by atoms with E-state index in [0.717, 1.165) is 11.1 Å². The van der Waals surface area contributed by atoms with Gasteiger partial charge in [0.2, 0.25) is 5.91 Å². The number of ether oxygens (including phenoxy) is 5. The van der Waals surface area contributed by atoms with Crippen LogP contribution in [-0.2, 0) is 35.0 Å². The predicted molar refractivity (Wildman–Crippen MR) is 168 cm³/mol. The van der Waals surface area contributed by atoms with E-state index in [2.05, 4.69) is 5.32 Å². The first-order chi connectivity index (χ1) is 21.1. The smallest absolute Gasteiger partial charge is 0.409 e. The molecule has 3 heterocycles. The lowest BCUT2D eigenvalue weighted by molar-refractivity contribution is -0.154. The molecule has 4 bridgehead atoms. The maximum atomic E-state index is 13.8. The van der Waals surface area contributed by atoms with Gasteiger partial charge in [0.15, 0.2) is 5.72 Å². The topological polar surface area (TPSA) is 136 Å². The molecule has 1 aromatic carbocycles. The largest absolute Gasteiger partial charge is 0.495 e. The van der Waals surface area contributed by atoms with Gasteiger partial charge in [-0.25, -0.2) is 4.79 Å². The van der Waals surface area contributed by atoms with Crippen LogP contribution >= 0.6 is 11.6 Å². The summed E-state index contributed by atoms with van der Waals surface area (Å²) in [6, 6.07) is 3.64. The Kier molecular flexibility index (Phi) is 10.6. The summed E-state index contributed by atoms with van der Waals surface area (Å²) in [6.45, 7) is 9.36. The number of nitrogens with one attached hydrogen (secondary N) is 1. The molecule has 45 heavy (non-hydrogen) atoms. The number of fused-ring (bicyclic) bond motifs is 5. The molecule has 2 saturated heterocycles. The standard InChI is InChI=1S/C33H45ClN2O9/c1-18(2)12-28(38)44-26-16-27(37)36(6)22-14-21(15-23(41-7)29(22)34)13-19(3)10-9-11-25(42-8)33(40)17-24(43-31(39)35-33)20(4)30-32(26,5)45-30/h9-11,14-15,18,20,24-26,30,40H,12-13,16-17H2,1-8H3,(H,35,39)/b11-9+,19-10+/t20-,24+,25-,26+,30?,32+,33+/m1/s1. The molecule has 1 unspecified atom stereocenters. The maximum absolute atomic E-state index is 13.8. The fourth-order valence-corrected chi connectivity index (χ4v) is 6.46. The second-order valence-corrected chi connectivity index (χ2v) is 13.3. The molecule has 11 nitrogen and oxygen atoms in total. The molecular weight excluding hydrogens is 604 g/mol. The molecule has 3 aliphatic rings. The van der Waals surface area contributed by atoms with Gasteiger partial charge in [0.25, 0.3) is 0 Å². The van der Waals surface area contributed by atoms with E-state index in [1.54, 1.807) is 26.1 Å². The minimum atomic E-state index is -1.77. The molecule has 4 rings (SSSR count). The normalized spacial score (nSPS) is 34.2. The number of amides is 2. The third-order valence-electron chi connectivity index (χ3n) is 8.80. The summed E-state index contributed by atoms with van der Waals surface area (Å²) in [4.78, 5) is 40.9. The number of hydrogen-bond acceptors (Lipinski definition) is 9. The highest BCUT2D eigenvalue weighted by atomic mass is 35.5. The molecule has 12 heteroatoms. The zero-order valence-electron chi connectivity index (χ0n) is 27.2. The number of nitrogens with zero attached hydrogens (tertiary/aromatic N) is 1. The minimum absolute atomic E-state index is 0.00495. The molecule has 248 valence electrons. The van der Waals surface area contributed by atoms with E-state index in [-0.39, 0.29) is 36.1 Å². The molecule has 1 aromatic rings. The van der Waals surface area contributed by atoms with Crippen LogP contribution in [0.25, 0.3) is 0 Å². The SMILES string of the molecule is COc1cc2cc(c1Cl)N(C)C(=O)C[C@H](OC(=O)CC(C)C)[C@]1(C)OC1[C@H](C)[C@@H]1C[C@@](O)(NC(=O)O1)[C@H](OC)/C=C/C=C(\C)C2. The molecule has 7 atom stereocenters. The quantitative estimate of drug-likeness (QED) is 0.344. The van der Waals surface area contributed by atoms with Crippen LogP contribution in [0.1, 0.15) is 59.4 Å².